The summed E-state index contributed by atoms with van der Waals surface area (Å²) < 4.78 is 1.90. The molecule has 102 valence electrons. The predicted octanol–water partition coefficient (Wildman–Crippen LogP) is 3.57. The summed E-state index contributed by atoms with van der Waals surface area (Å²) in [6.45, 7) is 0. The molecule has 2 aromatic carbocycles. The van der Waals surface area contributed by atoms with Crippen molar-refractivity contribution in [3.8, 4) is 11.3 Å². The van der Waals surface area contributed by atoms with Crippen LogP contribution in [0.1, 0.15) is 23.1 Å². The number of rotatable bonds is 1. The fraction of sp³-hybridized carbons (Fsp3) is 0.0556. The Hall–Kier alpha value is -2.65. The second-order valence-corrected chi connectivity index (χ2v) is 5.10. The van der Waals surface area contributed by atoms with E-state index in [0.717, 1.165) is 22.4 Å². The van der Waals surface area contributed by atoms with E-state index in [0.29, 0.717) is 5.82 Å². The molecule has 1 N–H and O–H groups in total. The van der Waals surface area contributed by atoms with E-state index in [9.17, 15) is 5.11 Å². The fourth-order valence-corrected chi connectivity index (χ4v) is 2.69. The highest BCUT2D eigenvalue weighted by molar-refractivity contribution is 5.68. The van der Waals surface area contributed by atoms with Crippen LogP contribution in [0.25, 0.3) is 23.5 Å². The average Bonchev–Trinajstić information content (AvgIpc) is 2.92. The summed E-state index contributed by atoms with van der Waals surface area (Å²) in [5.74, 6) is 0.648. The molecule has 3 heteroatoms. The first-order chi connectivity index (χ1) is 10.3. The van der Waals surface area contributed by atoms with Crippen LogP contribution < -0.4 is 0 Å². The van der Waals surface area contributed by atoms with Crippen LogP contribution in [-0.2, 0) is 0 Å². The number of hydrogen-bond donors (Lipinski definition) is 1. The number of aliphatic hydroxyl groups is 1. The number of benzene rings is 2. The minimum atomic E-state index is -0.714. The Balaban J connectivity index is 1.85. The fourth-order valence-electron chi connectivity index (χ4n) is 2.69. The van der Waals surface area contributed by atoms with Gasteiger partial charge in [-0.3, -0.25) is 0 Å². The van der Waals surface area contributed by atoms with Crippen LogP contribution in [-0.4, -0.2) is 14.7 Å². The Morgan fingerprint density at radius 2 is 1.71 bits per heavy atom. The molecule has 3 nitrogen and oxygen atoms in total. The van der Waals surface area contributed by atoms with Gasteiger partial charge in [-0.05, 0) is 17.2 Å². The summed E-state index contributed by atoms with van der Waals surface area (Å²) in [7, 11) is 0. The van der Waals surface area contributed by atoms with Crippen LogP contribution in [0.2, 0.25) is 0 Å². The summed E-state index contributed by atoms with van der Waals surface area (Å²) in [6.07, 6.45) is 5.19. The monoisotopic (exact) mass is 274 g/mol. The quantitative estimate of drug-likeness (QED) is 0.736. The average molecular weight is 274 g/mol. The number of imidazole rings is 1. The molecule has 0 bridgehead atoms. The van der Waals surface area contributed by atoms with E-state index in [4.69, 9.17) is 0 Å². The molecule has 3 aromatic rings. The maximum Gasteiger partial charge on any atom is 0.147 e. The van der Waals surface area contributed by atoms with Crippen LogP contribution in [0.5, 0.6) is 0 Å². The van der Waals surface area contributed by atoms with Crippen LogP contribution in [0, 0.1) is 0 Å². The van der Waals surface area contributed by atoms with E-state index in [1.165, 1.54) is 0 Å². The van der Waals surface area contributed by atoms with Crippen molar-refractivity contribution in [3.05, 3.63) is 77.7 Å². The minimum Gasteiger partial charge on any atom is -0.380 e. The van der Waals surface area contributed by atoms with E-state index in [-0.39, 0.29) is 0 Å². The molecule has 0 fully saturated rings. The second-order valence-electron chi connectivity index (χ2n) is 5.10. The maximum atomic E-state index is 10.6. The lowest BCUT2D eigenvalue weighted by Crippen LogP contribution is -2.05. The largest absolute Gasteiger partial charge is 0.380 e. The van der Waals surface area contributed by atoms with Gasteiger partial charge in [-0.2, -0.15) is 0 Å². The summed E-state index contributed by atoms with van der Waals surface area (Å²) in [4.78, 5) is 4.62. The van der Waals surface area contributed by atoms with Gasteiger partial charge in [-0.1, -0.05) is 54.6 Å². The van der Waals surface area contributed by atoms with Gasteiger partial charge in [0.1, 0.15) is 11.9 Å². The third-order valence-corrected chi connectivity index (χ3v) is 3.78. The summed E-state index contributed by atoms with van der Waals surface area (Å²) in [5, 5.41) is 10.6. The third-order valence-electron chi connectivity index (χ3n) is 3.78. The number of hydrogen-bond acceptors (Lipinski definition) is 2. The number of nitrogens with zero attached hydrogens (tertiary/aromatic N) is 2. The van der Waals surface area contributed by atoms with Gasteiger partial charge in [0.15, 0.2) is 0 Å². The molecule has 0 spiro atoms. The molecule has 0 saturated heterocycles. The summed E-state index contributed by atoms with van der Waals surface area (Å²) in [6, 6.07) is 17.8. The zero-order valence-electron chi connectivity index (χ0n) is 11.3. The SMILES string of the molecule is OC1c2ccccc2C=Cn2cc(-c3ccccc3)nc21. The van der Waals surface area contributed by atoms with Gasteiger partial charge in [0.05, 0.1) is 5.69 Å². The highest BCUT2D eigenvalue weighted by Crippen LogP contribution is 2.30. The smallest absolute Gasteiger partial charge is 0.147 e. The molecule has 1 aliphatic rings. The topological polar surface area (TPSA) is 38.0 Å². The van der Waals surface area contributed by atoms with Crippen LogP contribution in [0.3, 0.4) is 0 Å². The van der Waals surface area contributed by atoms with Gasteiger partial charge in [-0.25, -0.2) is 4.98 Å². The molecule has 2 heterocycles. The van der Waals surface area contributed by atoms with Crippen molar-refractivity contribution in [1.29, 1.82) is 0 Å². The van der Waals surface area contributed by atoms with Gasteiger partial charge in [0.2, 0.25) is 0 Å². The zero-order chi connectivity index (χ0) is 14.2. The maximum absolute atomic E-state index is 10.6. The highest BCUT2D eigenvalue weighted by Gasteiger charge is 2.22. The Kier molecular flexibility index (Phi) is 2.72. The normalized spacial score (nSPS) is 16.1. The van der Waals surface area contributed by atoms with Gasteiger partial charge in [0, 0.05) is 18.0 Å². The Morgan fingerprint density at radius 3 is 2.57 bits per heavy atom. The summed E-state index contributed by atoms with van der Waals surface area (Å²) >= 11 is 0. The van der Waals surface area contributed by atoms with Crippen molar-refractivity contribution in [2.24, 2.45) is 0 Å². The molecule has 0 amide bonds. The van der Waals surface area contributed by atoms with Gasteiger partial charge in [-0.15, -0.1) is 0 Å². The van der Waals surface area contributed by atoms with E-state index in [1.54, 1.807) is 0 Å². The van der Waals surface area contributed by atoms with Crippen molar-refractivity contribution >= 4 is 12.3 Å². The van der Waals surface area contributed by atoms with Crippen LogP contribution >= 0.6 is 0 Å². The molecule has 4 rings (SSSR count). The molecular formula is C18H14N2O. The highest BCUT2D eigenvalue weighted by atomic mass is 16.3. The zero-order valence-corrected chi connectivity index (χ0v) is 11.3. The van der Waals surface area contributed by atoms with Gasteiger partial charge < -0.3 is 9.67 Å². The van der Waals surface area contributed by atoms with Crippen molar-refractivity contribution in [2.45, 2.75) is 6.10 Å². The van der Waals surface area contributed by atoms with E-state index < -0.39 is 6.10 Å². The van der Waals surface area contributed by atoms with Gasteiger partial charge >= 0.3 is 0 Å². The molecule has 1 atom stereocenters. The molecule has 1 aromatic heterocycles. The standard InChI is InChI=1S/C18H14N2O/c21-17-15-9-5-4-6-13(15)10-11-20-12-16(19-18(17)20)14-7-2-1-3-8-14/h1-12,17,21H. The lowest BCUT2D eigenvalue weighted by molar-refractivity contribution is 0.209. The Labute approximate surface area is 122 Å². The molecule has 1 aliphatic heterocycles. The molecule has 0 radical (unpaired) electrons. The second kappa shape index (κ2) is 4.72. The van der Waals surface area contributed by atoms with E-state index in [1.807, 2.05) is 77.6 Å². The molecule has 21 heavy (non-hydrogen) atoms. The molecule has 0 saturated carbocycles. The molecular weight excluding hydrogens is 260 g/mol. The molecule has 0 aliphatic carbocycles. The number of fused-ring (bicyclic) bond motifs is 2. The van der Waals surface area contributed by atoms with Crippen LogP contribution in [0.15, 0.2) is 60.8 Å². The summed E-state index contributed by atoms with van der Waals surface area (Å²) in [5.41, 5.74) is 3.83. The van der Waals surface area contributed by atoms with Crippen molar-refractivity contribution in [1.82, 2.24) is 9.55 Å². The van der Waals surface area contributed by atoms with Gasteiger partial charge in [0.25, 0.3) is 0 Å². The lowest BCUT2D eigenvalue weighted by Gasteiger charge is -2.10. The number of aromatic nitrogens is 2. The Morgan fingerprint density at radius 1 is 0.952 bits per heavy atom. The van der Waals surface area contributed by atoms with E-state index >= 15 is 0 Å². The van der Waals surface area contributed by atoms with E-state index in [2.05, 4.69) is 4.98 Å². The van der Waals surface area contributed by atoms with Crippen molar-refractivity contribution in [2.75, 3.05) is 0 Å². The Bertz CT molecular complexity index is 818. The van der Waals surface area contributed by atoms with Crippen molar-refractivity contribution in [3.63, 3.8) is 0 Å². The lowest BCUT2D eigenvalue weighted by atomic mass is 10.0. The number of aliphatic hydroxyl groups excluding tert-OH is 1. The molecule has 1 unspecified atom stereocenters. The first kappa shape index (κ1) is 12.1. The van der Waals surface area contributed by atoms with Crippen LogP contribution in [0.4, 0.5) is 0 Å². The predicted molar refractivity (Wildman–Crippen MR) is 83.4 cm³/mol. The first-order valence-electron chi connectivity index (χ1n) is 6.92. The van der Waals surface area contributed by atoms with Crippen molar-refractivity contribution < 1.29 is 5.11 Å². The third kappa shape index (κ3) is 1.99. The first-order valence-corrected chi connectivity index (χ1v) is 6.92. The minimum absolute atomic E-state index is 0.648.